The number of nitrogens with two attached hydrogens (primary N) is 1. The minimum absolute atomic E-state index is 0.0123. The zero-order valence-corrected chi connectivity index (χ0v) is 19.9. The van der Waals surface area contributed by atoms with Gasteiger partial charge in [0.05, 0.1) is 12.1 Å². The Hall–Kier alpha value is -3.84. The molecule has 0 saturated carbocycles. The summed E-state index contributed by atoms with van der Waals surface area (Å²) in [7, 11) is -1.38. The van der Waals surface area contributed by atoms with Crippen molar-refractivity contribution in [3.05, 3.63) is 60.2 Å². The first kappa shape index (κ1) is 26.8. The molecule has 0 aliphatic carbocycles. The third-order valence-electron chi connectivity index (χ3n) is 5.44. The molecule has 4 atom stereocenters. The van der Waals surface area contributed by atoms with Crippen molar-refractivity contribution in [1.82, 2.24) is 20.6 Å². The SMILES string of the molecule is CC(C)C[C@H](NC(=O)C(Cc1ccccc1)NC(=O)c1cnccn1)B1OC(=O)[C@H](N)[C@H](C(=O)O)O1. The molecule has 12 nitrogen and oxygen atoms in total. The second kappa shape index (κ2) is 12.2. The highest BCUT2D eigenvalue weighted by Gasteiger charge is 2.48. The van der Waals surface area contributed by atoms with Gasteiger partial charge in [0.25, 0.3) is 5.91 Å². The van der Waals surface area contributed by atoms with Crippen molar-refractivity contribution < 1.29 is 33.6 Å². The van der Waals surface area contributed by atoms with Gasteiger partial charge in [-0.05, 0) is 17.9 Å². The smallest absolute Gasteiger partial charge is 0.507 e. The highest BCUT2D eigenvalue weighted by molar-refractivity contribution is 6.50. The molecule has 3 rings (SSSR count). The highest BCUT2D eigenvalue weighted by atomic mass is 16.6. The van der Waals surface area contributed by atoms with Gasteiger partial charge in [0.1, 0.15) is 17.8 Å². The molecule has 13 heteroatoms. The number of hydrogen-bond acceptors (Lipinski definition) is 9. The van der Waals surface area contributed by atoms with Crippen LogP contribution in [0.4, 0.5) is 0 Å². The number of nitrogens with one attached hydrogen (secondary N) is 2. The number of aromatic nitrogens is 2. The Kier molecular flexibility index (Phi) is 9.09. The average molecular weight is 497 g/mol. The van der Waals surface area contributed by atoms with Crippen LogP contribution in [0.15, 0.2) is 48.9 Å². The van der Waals surface area contributed by atoms with Crippen LogP contribution in [0.5, 0.6) is 0 Å². The summed E-state index contributed by atoms with van der Waals surface area (Å²) in [6, 6.07) is 6.53. The standard InChI is InChI=1S/C23H28BN5O7/c1-13(2)10-17(24-35-19(22(32)33)18(25)23(34)36-24)29-20(30)15(11-14-6-4-3-5-7-14)28-21(31)16-12-26-8-9-27-16/h3-9,12-13,15,17-19H,10-11,25H2,1-2H3,(H,28,31)(H,29,30)(H,32,33)/t15?,17-,18+,19+/m0/s1. The quantitative estimate of drug-likeness (QED) is 0.319. The van der Waals surface area contributed by atoms with Crippen molar-refractivity contribution in [3.8, 4) is 0 Å². The fraction of sp³-hybridized carbons (Fsp3) is 0.391. The molecule has 1 aliphatic heterocycles. The molecular formula is C23H28BN5O7. The van der Waals surface area contributed by atoms with Crippen molar-refractivity contribution in [3.63, 3.8) is 0 Å². The van der Waals surface area contributed by atoms with Gasteiger partial charge in [0.2, 0.25) is 5.91 Å². The number of carboxylic acid groups (broad SMARTS) is 1. The lowest BCUT2D eigenvalue weighted by Crippen LogP contribution is -2.64. The van der Waals surface area contributed by atoms with Gasteiger partial charge in [-0.3, -0.25) is 19.4 Å². The maximum atomic E-state index is 13.4. The van der Waals surface area contributed by atoms with Crippen molar-refractivity contribution >= 4 is 30.9 Å². The molecule has 1 fully saturated rings. The molecule has 1 saturated heterocycles. The van der Waals surface area contributed by atoms with Crippen LogP contribution in [0.3, 0.4) is 0 Å². The van der Waals surface area contributed by atoms with Crippen molar-refractivity contribution in [1.29, 1.82) is 0 Å². The van der Waals surface area contributed by atoms with Crippen LogP contribution in [0.1, 0.15) is 36.3 Å². The van der Waals surface area contributed by atoms with Crippen molar-refractivity contribution in [2.75, 3.05) is 0 Å². The fourth-order valence-electron chi connectivity index (χ4n) is 3.70. The van der Waals surface area contributed by atoms with Crippen LogP contribution in [0, 0.1) is 5.92 Å². The predicted molar refractivity (Wildman–Crippen MR) is 127 cm³/mol. The van der Waals surface area contributed by atoms with Crippen LogP contribution in [-0.2, 0) is 30.1 Å². The maximum Gasteiger partial charge on any atom is 0.552 e. The predicted octanol–water partition coefficient (Wildman–Crippen LogP) is -0.270. The van der Waals surface area contributed by atoms with Crippen LogP contribution < -0.4 is 16.4 Å². The second-order valence-corrected chi connectivity index (χ2v) is 8.78. The maximum absolute atomic E-state index is 13.4. The third kappa shape index (κ3) is 7.09. The second-order valence-electron chi connectivity index (χ2n) is 8.78. The van der Waals surface area contributed by atoms with Gasteiger partial charge in [0, 0.05) is 18.8 Å². The first-order valence-corrected chi connectivity index (χ1v) is 11.4. The number of carbonyl (C=O) groups is 4. The molecule has 1 aliphatic rings. The van der Waals surface area contributed by atoms with Gasteiger partial charge in [-0.1, -0.05) is 44.2 Å². The number of hydrogen-bond donors (Lipinski definition) is 4. The Labute approximate surface area is 208 Å². The summed E-state index contributed by atoms with van der Waals surface area (Å²) in [4.78, 5) is 57.7. The first-order valence-electron chi connectivity index (χ1n) is 11.4. The highest BCUT2D eigenvalue weighted by Crippen LogP contribution is 2.18. The Bertz CT molecular complexity index is 1070. The van der Waals surface area contributed by atoms with Gasteiger partial charge in [-0.25, -0.2) is 9.78 Å². The van der Waals surface area contributed by atoms with Gasteiger partial charge in [-0.15, -0.1) is 0 Å². The summed E-state index contributed by atoms with van der Waals surface area (Å²) in [6.07, 6.45) is 2.88. The minimum Gasteiger partial charge on any atom is -0.507 e. The Morgan fingerprint density at radius 3 is 2.50 bits per heavy atom. The molecule has 2 aromatic rings. The number of aliphatic carboxylic acids is 1. The zero-order chi connectivity index (χ0) is 26.2. The van der Waals surface area contributed by atoms with E-state index in [1.807, 2.05) is 32.0 Å². The molecule has 2 heterocycles. The summed E-state index contributed by atoms with van der Waals surface area (Å²) >= 11 is 0. The molecule has 190 valence electrons. The van der Waals surface area contributed by atoms with E-state index < -0.39 is 55.0 Å². The molecule has 1 aromatic carbocycles. The van der Waals surface area contributed by atoms with Gasteiger partial charge < -0.3 is 30.8 Å². The van der Waals surface area contributed by atoms with E-state index in [4.69, 9.17) is 15.0 Å². The molecule has 36 heavy (non-hydrogen) atoms. The molecule has 0 bridgehead atoms. The van der Waals surface area contributed by atoms with E-state index in [0.717, 1.165) is 5.56 Å². The summed E-state index contributed by atoms with van der Waals surface area (Å²) in [5.41, 5.74) is 6.43. The molecule has 0 spiro atoms. The molecule has 1 aromatic heterocycles. The Morgan fingerprint density at radius 1 is 1.17 bits per heavy atom. The topological polar surface area (TPSA) is 183 Å². The van der Waals surface area contributed by atoms with E-state index in [2.05, 4.69) is 20.6 Å². The van der Waals surface area contributed by atoms with E-state index in [0.29, 0.717) is 6.42 Å². The zero-order valence-electron chi connectivity index (χ0n) is 19.9. The Balaban J connectivity index is 1.82. The van der Waals surface area contributed by atoms with Crippen LogP contribution in [-0.4, -0.2) is 70.1 Å². The van der Waals surface area contributed by atoms with Crippen molar-refractivity contribution in [2.45, 2.75) is 50.8 Å². The number of benzene rings is 1. The summed E-state index contributed by atoms with van der Waals surface area (Å²) in [6.45, 7) is 3.75. The van der Waals surface area contributed by atoms with Crippen LogP contribution in [0.25, 0.3) is 0 Å². The average Bonchev–Trinajstić information content (AvgIpc) is 2.85. The molecule has 0 radical (unpaired) electrons. The van der Waals surface area contributed by atoms with Gasteiger partial charge >= 0.3 is 19.1 Å². The lowest BCUT2D eigenvalue weighted by molar-refractivity contribution is -0.159. The van der Waals surface area contributed by atoms with Crippen LogP contribution >= 0.6 is 0 Å². The largest absolute Gasteiger partial charge is 0.552 e. The van der Waals surface area contributed by atoms with E-state index in [-0.39, 0.29) is 18.0 Å². The van der Waals surface area contributed by atoms with E-state index >= 15 is 0 Å². The lowest BCUT2D eigenvalue weighted by atomic mass is 9.72. The fourth-order valence-corrected chi connectivity index (χ4v) is 3.70. The summed E-state index contributed by atoms with van der Waals surface area (Å²) in [5, 5.41) is 14.8. The number of carboxylic acids is 1. The van der Waals surface area contributed by atoms with Crippen LogP contribution in [0.2, 0.25) is 0 Å². The number of nitrogens with zero attached hydrogens (tertiary/aromatic N) is 2. The lowest BCUT2D eigenvalue weighted by Gasteiger charge is -2.34. The first-order chi connectivity index (χ1) is 17.2. The van der Waals surface area contributed by atoms with Gasteiger partial charge in [0.15, 0.2) is 6.10 Å². The molecule has 5 N–H and O–H groups in total. The molecule has 1 unspecified atom stereocenters. The normalized spacial score (nSPS) is 19.2. The van der Waals surface area contributed by atoms with Gasteiger partial charge in [-0.2, -0.15) is 0 Å². The summed E-state index contributed by atoms with van der Waals surface area (Å²) < 4.78 is 10.7. The van der Waals surface area contributed by atoms with Crippen molar-refractivity contribution in [2.24, 2.45) is 11.7 Å². The minimum atomic E-state index is -1.63. The third-order valence-corrected chi connectivity index (χ3v) is 5.44. The summed E-state index contributed by atoms with van der Waals surface area (Å²) in [5.74, 6) is -4.43. The van der Waals surface area contributed by atoms with E-state index in [1.54, 1.807) is 12.1 Å². The number of rotatable bonds is 10. The molecular weight excluding hydrogens is 469 g/mol. The monoisotopic (exact) mass is 497 g/mol. The number of carbonyl (C=O) groups excluding carboxylic acids is 3. The number of amides is 2. The van der Waals surface area contributed by atoms with E-state index in [9.17, 15) is 24.3 Å². The Morgan fingerprint density at radius 2 is 1.89 bits per heavy atom. The molecule has 2 amide bonds. The van der Waals surface area contributed by atoms with E-state index in [1.165, 1.54) is 18.6 Å².